The van der Waals surface area contributed by atoms with Crippen molar-refractivity contribution in [3.05, 3.63) is 35.4 Å². The van der Waals surface area contributed by atoms with Crippen molar-refractivity contribution in [1.29, 1.82) is 0 Å². The summed E-state index contributed by atoms with van der Waals surface area (Å²) in [6.45, 7) is 4.67. The highest BCUT2D eigenvalue weighted by Crippen LogP contribution is 2.09. The number of rotatable bonds is 4. The van der Waals surface area contributed by atoms with E-state index in [1.54, 1.807) is 0 Å². The molecule has 0 atom stereocenters. The highest BCUT2D eigenvalue weighted by molar-refractivity contribution is 5.78. The first kappa shape index (κ1) is 14.0. The van der Waals surface area contributed by atoms with Gasteiger partial charge in [-0.15, -0.1) is 0 Å². The fraction of sp³-hybridized carbons (Fsp3) is 0.533. The Hall–Kier alpha value is -1.39. The highest BCUT2D eigenvalue weighted by atomic mass is 16.3. The number of carbonyl (C=O) groups is 1. The molecule has 1 heterocycles. The van der Waals surface area contributed by atoms with Crippen LogP contribution in [0.15, 0.2) is 24.3 Å². The molecule has 4 nitrogen and oxygen atoms in total. The number of carbonyl (C=O) groups excluding carboxylic acids is 1. The fourth-order valence-electron chi connectivity index (χ4n) is 2.34. The molecule has 1 fully saturated rings. The number of amides is 1. The zero-order valence-electron chi connectivity index (χ0n) is 11.4. The van der Waals surface area contributed by atoms with Gasteiger partial charge in [0.15, 0.2) is 0 Å². The van der Waals surface area contributed by atoms with E-state index in [4.69, 9.17) is 0 Å². The predicted molar refractivity (Wildman–Crippen MR) is 74.7 cm³/mol. The van der Waals surface area contributed by atoms with Crippen molar-refractivity contribution in [2.75, 3.05) is 19.6 Å². The maximum atomic E-state index is 11.9. The molecule has 0 aliphatic carbocycles. The topological polar surface area (TPSA) is 52.6 Å². The van der Waals surface area contributed by atoms with E-state index in [9.17, 15) is 9.90 Å². The second-order valence-corrected chi connectivity index (χ2v) is 5.21. The van der Waals surface area contributed by atoms with Crippen molar-refractivity contribution in [2.45, 2.75) is 32.4 Å². The van der Waals surface area contributed by atoms with Crippen LogP contribution in [0, 0.1) is 6.92 Å². The van der Waals surface area contributed by atoms with Gasteiger partial charge in [0.2, 0.25) is 5.91 Å². The van der Waals surface area contributed by atoms with Crippen molar-refractivity contribution >= 4 is 5.91 Å². The smallest absolute Gasteiger partial charge is 0.234 e. The Balaban J connectivity index is 1.74. The first-order chi connectivity index (χ1) is 9.15. The Kier molecular flexibility index (Phi) is 4.93. The molecule has 19 heavy (non-hydrogen) atoms. The number of hydrogen-bond acceptors (Lipinski definition) is 3. The quantitative estimate of drug-likeness (QED) is 0.853. The molecule has 2 N–H and O–H groups in total. The summed E-state index contributed by atoms with van der Waals surface area (Å²) in [4.78, 5) is 14.0. The van der Waals surface area contributed by atoms with Gasteiger partial charge in [-0.1, -0.05) is 24.3 Å². The highest BCUT2D eigenvalue weighted by Gasteiger charge is 2.18. The summed E-state index contributed by atoms with van der Waals surface area (Å²) in [6, 6.07) is 8.07. The van der Waals surface area contributed by atoms with Crippen molar-refractivity contribution < 1.29 is 9.90 Å². The van der Waals surface area contributed by atoms with Gasteiger partial charge in [-0.2, -0.15) is 0 Å². The third kappa shape index (κ3) is 4.33. The standard InChI is InChI=1S/C15H22N2O2/c1-12-4-2-3-5-13(12)10-16-15(19)11-17-8-6-14(18)7-9-17/h2-5,14,18H,6-11H2,1H3,(H,16,19). The first-order valence-electron chi connectivity index (χ1n) is 6.87. The van der Waals surface area contributed by atoms with Gasteiger partial charge in [-0.05, 0) is 30.9 Å². The molecule has 1 saturated heterocycles. The second kappa shape index (κ2) is 6.68. The van der Waals surface area contributed by atoms with Crippen LogP contribution in [0.3, 0.4) is 0 Å². The van der Waals surface area contributed by atoms with E-state index in [0.717, 1.165) is 31.5 Å². The van der Waals surface area contributed by atoms with Crippen LogP contribution < -0.4 is 5.32 Å². The Morgan fingerprint density at radius 1 is 1.37 bits per heavy atom. The zero-order valence-corrected chi connectivity index (χ0v) is 11.4. The van der Waals surface area contributed by atoms with Crippen LogP contribution in [0.4, 0.5) is 0 Å². The van der Waals surface area contributed by atoms with Crippen LogP contribution in [0.5, 0.6) is 0 Å². The number of likely N-dealkylation sites (tertiary alicyclic amines) is 1. The molecular weight excluding hydrogens is 240 g/mol. The number of aliphatic hydroxyl groups is 1. The summed E-state index contributed by atoms with van der Waals surface area (Å²) in [7, 11) is 0. The molecule has 0 unspecified atom stereocenters. The lowest BCUT2D eigenvalue weighted by molar-refractivity contribution is -0.122. The molecule has 0 spiro atoms. The summed E-state index contributed by atoms with van der Waals surface area (Å²) >= 11 is 0. The van der Waals surface area contributed by atoms with Gasteiger partial charge in [-0.3, -0.25) is 9.69 Å². The van der Waals surface area contributed by atoms with Crippen LogP contribution in [0.25, 0.3) is 0 Å². The van der Waals surface area contributed by atoms with E-state index in [-0.39, 0.29) is 12.0 Å². The average molecular weight is 262 g/mol. The van der Waals surface area contributed by atoms with Gasteiger partial charge in [0.1, 0.15) is 0 Å². The number of aliphatic hydroxyl groups excluding tert-OH is 1. The maximum absolute atomic E-state index is 11.9. The van der Waals surface area contributed by atoms with E-state index in [1.165, 1.54) is 5.56 Å². The lowest BCUT2D eigenvalue weighted by Crippen LogP contribution is -2.42. The summed E-state index contributed by atoms with van der Waals surface area (Å²) in [6.07, 6.45) is 1.35. The normalized spacial score (nSPS) is 17.4. The van der Waals surface area contributed by atoms with E-state index < -0.39 is 0 Å². The summed E-state index contributed by atoms with van der Waals surface area (Å²) in [5.74, 6) is 0.0552. The van der Waals surface area contributed by atoms with Crippen LogP contribution >= 0.6 is 0 Å². The molecule has 1 amide bonds. The average Bonchev–Trinajstić information content (AvgIpc) is 2.40. The lowest BCUT2D eigenvalue weighted by Gasteiger charge is -2.28. The number of nitrogens with zero attached hydrogens (tertiary/aromatic N) is 1. The molecule has 1 aliphatic heterocycles. The Labute approximate surface area is 114 Å². The number of benzene rings is 1. The van der Waals surface area contributed by atoms with Crippen molar-refractivity contribution in [1.82, 2.24) is 10.2 Å². The number of aryl methyl sites for hydroxylation is 1. The minimum absolute atomic E-state index is 0.0552. The summed E-state index contributed by atoms with van der Waals surface area (Å²) in [5, 5.41) is 12.4. The Bertz CT molecular complexity index is 426. The number of nitrogens with one attached hydrogen (secondary N) is 1. The fourth-order valence-corrected chi connectivity index (χ4v) is 2.34. The van der Waals surface area contributed by atoms with Gasteiger partial charge in [-0.25, -0.2) is 0 Å². The molecule has 0 radical (unpaired) electrons. The SMILES string of the molecule is Cc1ccccc1CNC(=O)CN1CCC(O)CC1. The van der Waals surface area contributed by atoms with Gasteiger partial charge in [0.05, 0.1) is 12.6 Å². The minimum Gasteiger partial charge on any atom is -0.393 e. The first-order valence-corrected chi connectivity index (χ1v) is 6.87. The largest absolute Gasteiger partial charge is 0.393 e. The Morgan fingerprint density at radius 3 is 2.74 bits per heavy atom. The van der Waals surface area contributed by atoms with Crippen LogP contribution in [0.1, 0.15) is 24.0 Å². The summed E-state index contributed by atoms with van der Waals surface area (Å²) < 4.78 is 0. The molecule has 1 aromatic rings. The predicted octanol–water partition coefficient (Wildman–Crippen LogP) is 1.07. The van der Waals surface area contributed by atoms with E-state index in [0.29, 0.717) is 13.1 Å². The summed E-state index contributed by atoms with van der Waals surface area (Å²) in [5.41, 5.74) is 2.36. The third-order valence-electron chi connectivity index (χ3n) is 3.66. The van der Waals surface area contributed by atoms with Crippen LogP contribution in [-0.2, 0) is 11.3 Å². The molecule has 1 aliphatic rings. The van der Waals surface area contributed by atoms with Gasteiger partial charge >= 0.3 is 0 Å². The van der Waals surface area contributed by atoms with Gasteiger partial charge in [0.25, 0.3) is 0 Å². The van der Waals surface area contributed by atoms with Crippen molar-refractivity contribution in [3.8, 4) is 0 Å². The van der Waals surface area contributed by atoms with Gasteiger partial charge in [0, 0.05) is 19.6 Å². The molecule has 1 aromatic carbocycles. The molecule has 0 aromatic heterocycles. The molecular formula is C15H22N2O2. The molecule has 0 saturated carbocycles. The van der Waals surface area contributed by atoms with Crippen molar-refractivity contribution in [2.24, 2.45) is 0 Å². The van der Waals surface area contributed by atoms with Gasteiger partial charge < -0.3 is 10.4 Å². The van der Waals surface area contributed by atoms with E-state index in [2.05, 4.69) is 10.2 Å². The third-order valence-corrected chi connectivity index (χ3v) is 3.66. The molecule has 0 bridgehead atoms. The van der Waals surface area contributed by atoms with E-state index >= 15 is 0 Å². The monoisotopic (exact) mass is 262 g/mol. The molecule has 2 rings (SSSR count). The minimum atomic E-state index is -0.189. The van der Waals surface area contributed by atoms with Crippen molar-refractivity contribution in [3.63, 3.8) is 0 Å². The van der Waals surface area contributed by atoms with Crippen LogP contribution in [0.2, 0.25) is 0 Å². The van der Waals surface area contributed by atoms with Crippen LogP contribution in [-0.4, -0.2) is 41.7 Å². The van der Waals surface area contributed by atoms with E-state index in [1.807, 2.05) is 31.2 Å². The maximum Gasteiger partial charge on any atom is 0.234 e. The second-order valence-electron chi connectivity index (χ2n) is 5.21. The molecule has 4 heteroatoms. The number of piperidine rings is 1. The zero-order chi connectivity index (χ0) is 13.7. The lowest BCUT2D eigenvalue weighted by atomic mass is 10.1. The Morgan fingerprint density at radius 2 is 2.05 bits per heavy atom. The number of hydrogen-bond donors (Lipinski definition) is 2. The molecule has 104 valence electrons.